The topological polar surface area (TPSA) is 237 Å². The van der Waals surface area contributed by atoms with Crippen LogP contribution in [0, 0.1) is 5.92 Å². The molecule has 0 aliphatic carbocycles. The summed E-state index contributed by atoms with van der Waals surface area (Å²) >= 11 is 0. The highest BCUT2D eigenvalue weighted by Gasteiger charge is 2.30. The Bertz CT molecular complexity index is 1810. The molecule has 94 heavy (non-hydrogen) atoms. The van der Waals surface area contributed by atoms with E-state index in [1.165, 1.54) is 212 Å². The molecule has 0 aromatic rings. The molecule has 0 amide bonds. The molecule has 17 nitrogen and oxygen atoms in total. The number of hydrogen-bond acceptors (Lipinski definition) is 15. The molecule has 19 heteroatoms. The van der Waals surface area contributed by atoms with E-state index in [1.54, 1.807) is 0 Å². The second-order valence-electron chi connectivity index (χ2n) is 27.3. The Morgan fingerprint density at radius 1 is 0.298 bits per heavy atom. The Morgan fingerprint density at radius 3 is 0.755 bits per heavy atom. The zero-order chi connectivity index (χ0) is 69.1. The first kappa shape index (κ1) is 92.1. The number of phosphoric ester groups is 2. The van der Waals surface area contributed by atoms with Gasteiger partial charge in [0.25, 0.3) is 0 Å². The van der Waals surface area contributed by atoms with E-state index in [0.717, 1.165) is 102 Å². The first-order valence-electron chi connectivity index (χ1n) is 39.2. The molecule has 0 aromatic heterocycles. The Hall–Kier alpha value is -1.94. The van der Waals surface area contributed by atoms with Crippen molar-refractivity contribution in [2.75, 3.05) is 39.6 Å². The number of hydrogen-bond donors (Lipinski definition) is 3. The number of aliphatic hydroxyl groups excluding tert-OH is 1. The van der Waals surface area contributed by atoms with Gasteiger partial charge in [-0.2, -0.15) is 0 Å². The maximum absolute atomic E-state index is 13.1. The maximum Gasteiger partial charge on any atom is 0.472 e. The average Bonchev–Trinajstić information content (AvgIpc) is 2.74. The van der Waals surface area contributed by atoms with Crippen molar-refractivity contribution in [3.8, 4) is 0 Å². The van der Waals surface area contributed by atoms with Crippen LogP contribution in [-0.4, -0.2) is 96.7 Å². The van der Waals surface area contributed by atoms with Crippen LogP contribution in [0.1, 0.15) is 394 Å². The van der Waals surface area contributed by atoms with Gasteiger partial charge in [-0.3, -0.25) is 37.3 Å². The summed E-state index contributed by atoms with van der Waals surface area (Å²) in [6.45, 7) is 7.22. The molecule has 0 rings (SSSR count). The minimum Gasteiger partial charge on any atom is -0.462 e. The molecule has 3 N–H and O–H groups in total. The number of carbonyl (C=O) groups is 4. The van der Waals surface area contributed by atoms with Crippen LogP contribution in [0.4, 0.5) is 0 Å². The van der Waals surface area contributed by atoms with Crippen molar-refractivity contribution in [3.63, 3.8) is 0 Å². The van der Waals surface area contributed by atoms with Crippen LogP contribution >= 0.6 is 15.6 Å². The van der Waals surface area contributed by atoms with Crippen LogP contribution in [0.15, 0.2) is 0 Å². The Kier molecular flexibility index (Phi) is 66.8. The fraction of sp³-hybridized carbons (Fsp3) is 0.947. The minimum absolute atomic E-state index is 0.105. The SMILES string of the molecule is CCCCCCCCCCCCCCCCCCCCCCCCC(=O)O[C@H](COC(=O)CCCCCCCCCCCCCCCCC(C)CC)COP(=O)(O)OC[C@@H](O)COP(=O)(O)OC[C@@H](COC(=O)CCCCCCC)OC(=O)CCCCCCCCCCC. The molecule has 0 aliphatic rings. The number of carbonyl (C=O) groups excluding carboxylic acids is 4. The molecular formula is C75H146O17P2. The zero-order valence-corrected chi connectivity index (χ0v) is 62.9. The molecule has 0 bridgehead atoms. The molecule has 0 aliphatic heterocycles. The molecule has 0 saturated heterocycles. The Labute approximate surface area is 575 Å². The fourth-order valence-electron chi connectivity index (χ4n) is 11.5. The highest BCUT2D eigenvalue weighted by molar-refractivity contribution is 7.47. The lowest BCUT2D eigenvalue weighted by atomic mass is 9.99. The van der Waals surface area contributed by atoms with Crippen LogP contribution < -0.4 is 0 Å². The Balaban J connectivity index is 5.09. The van der Waals surface area contributed by atoms with Crippen LogP contribution in [0.5, 0.6) is 0 Å². The van der Waals surface area contributed by atoms with Gasteiger partial charge in [-0.15, -0.1) is 0 Å². The van der Waals surface area contributed by atoms with E-state index in [0.29, 0.717) is 25.7 Å². The van der Waals surface area contributed by atoms with Gasteiger partial charge in [0.1, 0.15) is 19.3 Å². The lowest BCUT2D eigenvalue weighted by Gasteiger charge is -2.21. The molecule has 0 heterocycles. The molecule has 558 valence electrons. The third kappa shape index (κ3) is 67.3. The number of phosphoric acid groups is 2. The Morgan fingerprint density at radius 2 is 0.511 bits per heavy atom. The van der Waals surface area contributed by atoms with Gasteiger partial charge < -0.3 is 33.8 Å². The average molecular weight is 1380 g/mol. The van der Waals surface area contributed by atoms with Gasteiger partial charge in [0.05, 0.1) is 26.4 Å². The first-order valence-corrected chi connectivity index (χ1v) is 42.2. The van der Waals surface area contributed by atoms with Gasteiger partial charge in [-0.05, 0) is 31.6 Å². The maximum atomic E-state index is 13.1. The third-order valence-corrected chi connectivity index (χ3v) is 19.8. The van der Waals surface area contributed by atoms with E-state index in [1.807, 2.05) is 0 Å². The fourth-order valence-corrected chi connectivity index (χ4v) is 13.1. The number of esters is 4. The van der Waals surface area contributed by atoms with E-state index < -0.39 is 97.5 Å². The number of rotatable bonds is 75. The van der Waals surface area contributed by atoms with Crippen molar-refractivity contribution in [2.45, 2.75) is 412 Å². The quantitative estimate of drug-likeness (QED) is 0.0222. The first-order chi connectivity index (χ1) is 45.6. The standard InChI is InChI=1S/C75H146O17P2/c1-6-10-13-16-18-20-21-22-23-24-25-26-27-28-29-30-35-38-42-46-51-56-61-75(80)92-71(65-86-73(78)59-54-49-44-41-37-34-32-31-33-36-40-43-48-52-57-68(5)9-4)67-90-94(83,84)88-63-69(76)62-87-93(81,82)89-66-70(64-85-72(77)58-53-47-15-12-8-3)91-74(79)60-55-50-45-39-19-17-14-11-7-2/h68-71,76H,6-67H2,1-5H3,(H,81,82)(H,83,84)/t68?,69-,70+,71+/m0/s1. The summed E-state index contributed by atoms with van der Waals surface area (Å²) in [5, 5.41) is 10.6. The largest absolute Gasteiger partial charge is 0.472 e. The minimum atomic E-state index is -4.95. The van der Waals surface area contributed by atoms with Crippen molar-refractivity contribution in [2.24, 2.45) is 5.92 Å². The van der Waals surface area contributed by atoms with Crippen LogP contribution in [-0.2, 0) is 65.4 Å². The number of unbranched alkanes of at least 4 members (excludes halogenated alkanes) is 46. The van der Waals surface area contributed by atoms with Crippen molar-refractivity contribution in [1.29, 1.82) is 0 Å². The molecule has 3 unspecified atom stereocenters. The summed E-state index contributed by atoms with van der Waals surface area (Å²) in [7, 11) is -9.89. The van der Waals surface area contributed by atoms with Gasteiger partial charge >= 0.3 is 39.5 Å². The second-order valence-corrected chi connectivity index (χ2v) is 30.2. The van der Waals surface area contributed by atoms with E-state index in [4.69, 9.17) is 37.0 Å². The summed E-state index contributed by atoms with van der Waals surface area (Å²) < 4.78 is 68.2. The predicted molar refractivity (Wildman–Crippen MR) is 382 cm³/mol. The van der Waals surface area contributed by atoms with E-state index >= 15 is 0 Å². The summed E-state index contributed by atoms with van der Waals surface area (Å²) in [5.41, 5.74) is 0. The molecule has 0 aromatic carbocycles. The van der Waals surface area contributed by atoms with Crippen molar-refractivity contribution < 1.29 is 80.2 Å². The summed E-state index contributed by atoms with van der Waals surface area (Å²) in [6, 6.07) is 0. The summed E-state index contributed by atoms with van der Waals surface area (Å²) in [5.74, 6) is -1.28. The lowest BCUT2D eigenvalue weighted by molar-refractivity contribution is -0.161. The zero-order valence-electron chi connectivity index (χ0n) is 61.1. The highest BCUT2D eigenvalue weighted by atomic mass is 31.2. The van der Waals surface area contributed by atoms with Gasteiger partial charge in [0.2, 0.25) is 0 Å². The summed E-state index contributed by atoms with van der Waals surface area (Å²) in [4.78, 5) is 72.3. The smallest absolute Gasteiger partial charge is 0.462 e. The van der Waals surface area contributed by atoms with Crippen molar-refractivity contribution in [3.05, 3.63) is 0 Å². The lowest BCUT2D eigenvalue weighted by Crippen LogP contribution is -2.30. The van der Waals surface area contributed by atoms with Gasteiger partial charge in [-0.1, -0.05) is 343 Å². The predicted octanol–water partition coefficient (Wildman–Crippen LogP) is 22.1. The van der Waals surface area contributed by atoms with Crippen LogP contribution in [0.25, 0.3) is 0 Å². The monoisotopic (exact) mass is 1380 g/mol. The van der Waals surface area contributed by atoms with E-state index in [9.17, 15) is 43.2 Å². The highest BCUT2D eigenvalue weighted by Crippen LogP contribution is 2.45. The summed E-state index contributed by atoms with van der Waals surface area (Å²) in [6.07, 6.45) is 57.5. The van der Waals surface area contributed by atoms with Crippen LogP contribution in [0.3, 0.4) is 0 Å². The third-order valence-electron chi connectivity index (χ3n) is 17.9. The molecule has 6 atom stereocenters. The molecule has 0 radical (unpaired) electrons. The molecule has 0 saturated carbocycles. The van der Waals surface area contributed by atoms with Crippen LogP contribution in [0.2, 0.25) is 0 Å². The van der Waals surface area contributed by atoms with Crippen molar-refractivity contribution in [1.82, 2.24) is 0 Å². The second kappa shape index (κ2) is 68.2. The molecular weight excluding hydrogens is 1230 g/mol. The number of aliphatic hydroxyl groups is 1. The van der Waals surface area contributed by atoms with E-state index in [2.05, 4.69) is 34.6 Å². The molecule has 0 spiro atoms. The molecule has 0 fully saturated rings. The number of ether oxygens (including phenoxy) is 4. The van der Waals surface area contributed by atoms with Gasteiger partial charge in [0, 0.05) is 25.7 Å². The van der Waals surface area contributed by atoms with Gasteiger partial charge in [0.15, 0.2) is 12.2 Å². The van der Waals surface area contributed by atoms with Crippen molar-refractivity contribution >= 4 is 39.5 Å². The van der Waals surface area contributed by atoms with Gasteiger partial charge in [-0.25, -0.2) is 9.13 Å². The normalized spacial score (nSPS) is 14.3. The van der Waals surface area contributed by atoms with E-state index in [-0.39, 0.29) is 25.7 Å².